The second kappa shape index (κ2) is 4.28. The molecule has 0 saturated heterocycles. The Morgan fingerprint density at radius 2 is 2.62 bits per heavy atom. The predicted molar refractivity (Wildman–Crippen MR) is 36.1 cm³/mol. The van der Waals surface area contributed by atoms with Crippen LogP contribution >= 0.6 is 0 Å². The fourth-order valence-corrected chi connectivity index (χ4v) is 0.414. The van der Waals surface area contributed by atoms with Crippen LogP contribution in [0.25, 0.3) is 0 Å². The zero-order valence-corrected chi connectivity index (χ0v) is 5.28. The largest absolute Gasteiger partial charge is 0.124 e. The normalized spacial score (nSPS) is 11.5. The van der Waals surface area contributed by atoms with Crippen LogP contribution in [-0.2, 0) is 0 Å². The van der Waals surface area contributed by atoms with E-state index in [1.807, 2.05) is 6.92 Å². The summed E-state index contributed by atoms with van der Waals surface area (Å²) in [6.45, 7) is 3.80. The Bertz CT molecular complexity index is 152. The van der Waals surface area contributed by atoms with Gasteiger partial charge in [0, 0.05) is 0 Å². The van der Waals surface area contributed by atoms with Crippen molar-refractivity contribution in [1.82, 2.24) is 0 Å². The molecule has 0 heteroatoms. The first-order valence-corrected chi connectivity index (χ1v) is 2.69. The van der Waals surface area contributed by atoms with Crippen LogP contribution in [0, 0.1) is 30.1 Å². The standard InChI is InChI=1S/C8H10/c1-4-7-8(5-2)6-3/h2,8H,6H2,1,3H3/i2D. The lowest BCUT2D eigenvalue weighted by molar-refractivity contribution is 0.827. The van der Waals surface area contributed by atoms with Gasteiger partial charge in [-0.15, -0.1) is 12.3 Å². The third kappa shape index (κ3) is 2.32. The third-order valence-electron chi connectivity index (χ3n) is 0.901. The zero-order chi connectivity index (χ0) is 7.11. The summed E-state index contributed by atoms with van der Waals surface area (Å²) in [6, 6.07) is 0. The second-order valence-electron chi connectivity index (χ2n) is 1.50. The van der Waals surface area contributed by atoms with E-state index < -0.39 is 0 Å². The third-order valence-corrected chi connectivity index (χ3v) is 0.901. The maximum absolute atomic E-state index is 6.59. The molecule has 0 radical (unpaired) electrons. The number of hydrogen-bond acceptors (Lipinski definition) is 0. The molecule has 0 nitrogen and oxygen atoms in total. The molecule has 0 heterocycles. The summed E-state index contributed by atoms with van der Waals surface area (Å²) in [5.41, 5.74) is 0. The van der Waals surface area contributed by atoms with Crippen molar-refractivity contribution in [2.75, 3.05) is 0 Å². The van der Waals surface area contributed by atoms with Gasteiger partial charge in [-0.1, -0.05) is 18.8 Å². The van der Waals surface area contributed by atoms with E-state index >= 15 is 0 Å². The Hall–Kier alpha value is -0.880. The molecule has 0 rings (SSSR count). The molecule has 0 saturated carbocycles. The molecule has 1 unspecified atom stereocenters. The Balaban J connectivity index is 3.88. The highest BCUT2D eigenvalue weighted by Gasteiger charge is 1.90. The maximum atomic E-state index is 6.59. The van der Waals surface area contributed by atoms with Crippen LogP contribution in [0.15, 0.2) is 0 Å². The van der Waals surface area contributed by atoms with Crippen molar-refractivity contribution in [2.45, 2.75) is 20.3 Å². The van der Waals surface area contributed by atoms with Gasteiger partial charge in [-0.3, -0.25) is 0 Å². The summed E-state index contributed by atoms with van der Waals surface area (Å²) in [7, 11) is 0. The first kappa shape index (κ1) is 5.26. The van der Waals surface area contributed by atoms with Gasteiger partial charge in [0.1, 0.15) is 1.37 Å². The molecular formula is C8H10. The smallest absolute Gasteiger partial charge is 0.119 e. The van der Waals surface area contributed by atoms with Crippen LogP contribution < -0.4 is 0 Å². The molecule has 42 valence electrons. The minimum absolute atomic E-state index is 0.104. The van der Waals surface area contributed by atoms with Gasteiger partial charge in [0.05, 0.1) is 5.92 Å². The average molecular weight is 107 g/mol. The number of rotatable bonds is 1. The average Bonchev–Trinajstić information content (AvgIpc) is 1.88. The SMILES string of the molecule is [2H]C#CC(C#CC)CC. The fourth-order valence-electron chi connectivity index (χ4n) is 0.414. The van der Waals surface area contributed by atoms with Gasteiger partial charge in [0.2, 0.25) is 0 Å². The summed E-state index contributed by atoms with van der Waals surface area (Å²) < 4.78 is 6.59. The molecule has 1 atom stereocenters. The Kier molecular flexibility index (Phi) is 2.82. The van der Waals surface area contributed by atoms with Gasteiger partial charge in [-0.05, 0) is 13.3 Å². The zero-order valence-electron chi connectivity index (χ0n) is 6.28. The molecule has 0 aromatic heterocycles. The lowest BCUT2D eigenvalue weighted by atomic mass is 10.1. The van der Waals surface area contributed by atoms with Gasteiger partial charge in [0.15, 0.2) is 0 Å². The van der Waals surface area contributed by atoms with Crippen LogP contribution in [-0.4, -0.2) is 0 Å². The van der Waals surface area contributed by atoms with Crippen LogP contribution in [0.5, 0.6) is 0 Å². The minimum atomic E-state index is 0.104. The minimum Gasteiger partial charge on any atom is -0.119 e. The van der Waals surface area contributed by atoms with E-state index in [0.717, 1.165) is 6.42 Å². The lowest BCUT2D eigenvalue weighted by Crippen LogP contribution is -1.87. The molecule has 0 aromatic carbocycles. The van der Waals surface area contributed by atoms with Crippen molar-refractivity contribution in [3.8, 4) is 24.2 Å². The summed E-state index contributed by atoms with van der Waals surface area (Å²) in [4.78, 5) is 0. The van der Waals surface area contributed by atoms with Crippen LogP contribution in [0.4, 0.5) is 0 Å². The number of terminal acetylenes is 1. The van der Waals surface area contributed by atoms with E-state index in [0.29, 0.717) is 0 Å². The predicted octanol–water partition coefficient (Wildman–Crippen LogP) is 1.67. The molecular weight excluding hydrogens is 96.1 g/mol. The van der Waals surface area contributed by atoms with Crippen molar-refractivity contribution in [1.29, 1.82) is 0 Å². The molecule has 0 amide bonds. The summed E-state index contributed by atoms with van der Waals surface area (Å²) in [5.74, 6) is 8.44. The van der Waals surface area contributed by atoms with Gasteiger partial charge in [-0.2, -0.15) is 0 Å². The molecule has 0 aliphatic heterocycles. The quantitative estimate of drug-likeness (QED) is 0.447. The molecule has 0 fully saturated rings. The van der Waals surface area contributed by atoms with Crippen LogP contribution in [0.3, 0.4) is 0 Å². The summed E-state index contributed by atoms with van der Waals surface area (Å²) in [5, 5.41) is 0. The van der Waals surface area contributed by atoms with Gasteiger partial charge in [-0.25, -0.2) is 0 Å². The Morgan fingerprint density at radius 1 is 1.88 bits per heavy atom. The molecule has 0 bridgehead atoms. The molecule has 8 heavy (non-hydrogen) atoms. The lowest BCUT2D eigenvalue weighted by Gasteiger charge is -1.91. The van der Waals surface area contributed by atoms with E-state index in [2.05, 4.69) is 24.2 Å². The topological polar surface area (TPSA) is 0 Å². The number of hydrogen-bond donors (Lipinski definition) is 0. The van der Waals surface area contributed by atoms with E-state index in [-0.39, 0.29) is 5.92 Å². The van der Waals surface area contributed by atoms with Gasteiger partial charge < -0.3 is 0 Å². The second-order valence-corrected chi connectivity index (χ2v) is 1.50. The maximum Gasteiger partial charge on any atom is 0.124 e. The van der Waals surface area contributed by atoms with Crippen molar-refractivity contribution in [3.05, 3.63) is 0 Å². The molecule has 0 spiro atoms. The van der Waals surface area contributed by atoms with E-state index in [1.54, 1.807) is 6.92 Å². The summed E-state index contributed by atoms with van der Waals surface area (Å²) in [6.07, 6.45) is 3.01. The molecule has 0 aliphatic carbocycles. The van der Waals surface area contributed by atoms with E-state index in [9.17, 15) is 0 Å². The van der Waals surface area contributed by atoms with E-state index in [1.165, 1.54) is 0 Å². The van der Waals surface area contributed by atoms with E-state index in [4.69, 9.17) is 1.37 Å². The summed E-state index contributed by atoms with van der Waals surface area (Å²) >= 11 is 0. The van der Waals surface area contributed by atoms with Crippen LogP contribution in [0.2, 0.25) is 0 Å². The van der Waals surface area contributed by atoms with Crippen molar-refractivity contribution in [3.63, 3.8) is 0 Å². The molecule has 0 N–H and O–H groups in total. The van der Waals surface area contributed by atoms with Gasteiger partial charge in [0.25, 0.3) is 0 Å². The van der Waals surface area contributed by atoms with Crippen molar-refractivity contribution in [2.24, 2.45) is 5.92 Å². The van der Waals surface area contributed by atoms with Gasteiger partial charge >= 0.3 is 0 Å². The highest BCUT2D eigenvalue weighted by molar-refractivity contribution is 5.12. The fraction of sp³-hybridized carbons (Fsp3) is 0.500. The molecule has 0 aromatic rings. The highest BCUT2D eigenvalue weighted by atomic mass is 13.9. The molecule has 0 aliphatic rings. The monoisotopic (exact) mass is 107 g/mol. The Labute approximate surface area is 52.7 Å². The first-order chi connectivity index (χ1) is 4.35. The van der Waals surface area contributed by atoms with Crippen molar-refractivity contribution < 1.29 is 1.37 Å². The highest BCUT2D eigenvalue weighted by Crippen LogP contribution is 1.95. The Morgan fingerprint density at radius 3 is 3.00 bits per heavy atom. The van der Waals surface area contributed by atoms with Crippen LogP contribution in [0.1, 0.15) is 21.6 Å². The first-order valence-electron chi connectivity index (χ1n) is 3.19. The van der Waals surface area contributed by atoms with Crippen molar-refractivity contribution >= 4 is 0 Å².